The van der Waals surface area contributed by atoms with Gasteiger partial charge in [-0.3, -0.25) is 4.90 Å². The van der Waals surface area contributed by atoms with Crippen LogP contribution in [0, 0.1) is 0 Å². The minimum Gasteiger partial charge on any atom is -0.510 e. The number of hydrogen-bond donors (Lipinski definition) is 1. The summed E-state index contributed by atoms with van der Waals surface area (Å²) in [4.78, 5) is 4.85. The van der Waals surface area contributed by atoms with Gasteiger partial charge in [-0.25, -0.2) is 0 Å². The SMILES string of the molecule is C=C(O)C1CN(CCCN2c3ccccc3CCc3ccccc32)CCO1. The van der Waals surface area contributed by atoms with Gasteiger partial charge in [0.05, 0.1) is 6.61 Å². The Morgan fingerprint density at radius 2 is 1.63 bits per heavy atom. The number of aliphatic hydroxyl groups is 1. The third-order valence-electron chi connectivity index (χ3n) is 5.61. The van der Waals surface area contributed by atoms with E-state index in [2.05, 4.69) is 64.9 Å². The molecule has 0 radical (unpaired) electrons. The molecule has 0 bridgehead atoms. The molecule has 0 saturated carbocycles. The number of rotatable bonds is 5. The third kappa shape index (κ3) is 4.02. The largest absolute Gasteiger partial charge is 0.510 e. The standard InChI is InChI=1S/C23H28N2O2/c1-18(26)23-17-24(15-16-27-23)13-6-14-25-21-9-4-2-7-19(21)11-12-20-8-3-5-10-22(20)25/h2-5,7-10,23,26H,1,6,11-17H2. The summed E-state index contributed by atoms with van der Waals surface area (Å²) in [6.07, 6.45) is 2.99. The Morgan fingerprint density at radius 1 is 1.00 bits per heavy atom. The fourth-order valence-electron chi connectivity index (χ4n) is 4.17. The van der Waals surface area contributed by atoms with Gasteiger partial charge in [-0.15, -0.1) is 0 Å². The Hall–Kier alpha value is -2.30. The summed E-state index contributed by atoms with van der Waals surface area (Å²) in [7, 11) is 0. The monoisotopic (exact) mass is 364 g/mol. The van der Waals surface area contributed by atoms with Crippen molar-refractivity contribution < 1.29 is 9.84 Å². The molecule has 1 atom stereocenters. The molecule has 0 aromatic heterocycles. The molecule has 2 aliphatic rings. The quantitative estimate of drug-likeness (QED) is 0.811. The van der Waals surface area contributed by atoms with Crippen LogP contribution in [0.15, 0.2) is 60.9 Å². The van der Waals surface area contributed by atoms with E-state index in [1.807, 2.05) is 0 Å². The zero-order chi connectivity index (χ0) is 18.6. The number of hydrogen-bond acceptors (Lipinski definition) is 4. The van der Waals surface area contributed by atoms with Crippen LogP contribution in [0.4, 0.5) is 11.4 Å². The molecular formula is C23H28N2O2. The lowest BCUT2D eigenvalue weighted by Gasteiger charge is -2.33. The first kappa shape index (κ1) is 18.1. The second-order valence-electron chi connectivity index (χ2n) is 7.41. The number of morpholine rings is 1. The lowest BCUT2D eigenvalue weighted by molar-refractivity contribution is -0.0267. The maximum Gasteiger partial charge on any atom is 0.126 e. The highest BCUT2D eigenvalue weighted by molar-refractivity contribution is 5.71. The minimum absolute atomic E-state index is 0.134. The summed E-state index contributed by atoms with van der Waals surface area (Å²) < 4.78 is 5.57. The van der Waals surface area contributed by atoms with E-state index in [0.717, 1.165) is 45.4 Å². The van der Waals surface area contributed by atoms with E-state index in [1.54, 1.807) is 0 Å². The smallest absolute Gasteiger partial charge is 0.126 e. The van der Waals surface area contributed by atoms with Crippen molar-refractivity contribution in [3.63, 3.8) is 0 Å². The van der Waals surface area contributed by atoms with Crippen LogP contribution in [-0.4, -0.2) is 48.9 Å². The van der Waals surface area contributed by atoms with Crippen LogP contribution in [0.2, 0.25) is 0 Å². The molecule has 0 aliphatic carbocycles. The van der Waals surface area contributed by atoms with E-state index in [-0.39, 0.29) is 11.9 Å². The summed E-state index contributed by atoms with van der Waals surface area (Å²) in [5, 5.41) is 9.62. The molecule has 1 unspecified atom stereocenters. The molecule has 4 nitrogen and oxygen atoms in total. The molecule has 0 spiro atoms. The summed E-state index contributed by atoms with van der Waals surface area (Å²) in [6.45, 7) is 7.89. The number of nitrogens with zero attached hydrogens (tertiary/aromatic N) is 2. The first-order chi connectivity index (χ1) is 13.2. The fraction of sp³-hybridized carbons (Fsp3) is 0.391. The van der Waals surface area contributed by atoms with Gasteiger partial charge >= 0.3 is 0 Å². The molecule has 4 rings (SSSR count). The predicted molar refractivity (Wildman–Crippen MR) is 110 cm³/mol. The average Bonchev–Trinajstić information content (AvgIpc) is 2.86. The van der Waals surface area contributed by atoms with Crippen molar-refractivity contribution in [3.8, 4) is 0 Å². The lowest BCUT2D eigenvalue weighted by Crippen LogP contribution is -2.44. The van der Waals surface area contributed by atoms with Crippen molar-refractivity contribution in [2.45, 2.75) is 25.4 Å². The molecule has 27 heavy (non-hydrogen) atoms. The van der Waals surface area contributed by atoms with Crippen molar-refractivity contribution in [1.29, 1.82) is 0 Å². The number of aryl methyl sites for hydroxylation is 2. The van der Waals surface area contributed by atoms with Gasteiger partial charge in [-0.2, -0.15) is 0 Å². The first-order valence-electron chi connectivity index (χ1n) is 9.87. The van der Waals surface area contributed by atoms with E-state index in [9.17, 15) is 5.11 Å². The molecule has 2 heterocycles. The molecule has 2 aromatic carbocycles. The van der Waals surface area contributed by atoms with Crippen molar-refractivity contribution in [2.24, 2.45) is 0 Å². The van der Waals surface area contributed by atoms with E-state index < -0.39 is 0 Å². The number of aliphatic hydroxyl groups excluding tert-OH is 1. The third-order valence-corrected chi connectivity index (χ3v) is 5.61. The highest BCUT2D eigenvalue weighted by atomic mass is 16.5. The van der Waals surface area contributed by atoms with Gasteiger partial charge in [0.25, 0.3) is 0 Å². The zero-order valence-electron chi connectivity index (χ0n) is 15.8. The minimum atomic E-state index is -0.251. The van der Waals surface area contributed by atoms with E-state index >= 15 is 0 Å². The summed E-state index contributed by atoms with van der Waals surface area (Å²) in [5.74, 6) is 0.134. The topological polar surface area (TPSA) is 35.9 Å². The van der Waals surface area contributed by atoms with Gasteiger partial charge in [0.1, 0.15) is 11.9 Å². The van der Waals surface area contributed by atoms with Crippen LogP contribution >= 0.6 is 0 Å². The Labute approximate surface area is 161 Å². The van der Waals surface area contributed by atoms with Crippen LogP contribution < -0.4 is 4.90 Å². The Kier molecular flexibility index (Phi) is 5.46. The lowest BCUT2D eigenvalue weighted by atomic mass is 10.0. The number of benzene rings is 2. The van der Waals surface area contributed by atoms with Crippen molar-refractivity contribution in [2.75, 3.05) is 37.7 Å². The number of para-hydroxylation sites is 2. The zero-order valence-corrected chi connectivity index (χ0v) is 15.8. The maximum atomic E-state index is 9.62. The van der Waals surface area contributed by atoms with Gasteiger partial charge < -0.3 is 14.7 Å². The Morgan fingerprint density at radius 3 is 2.26 bits per heavy atom. The maximum absolute atomic E-state index is 9.62. The molecule has 1 N–H and O–H groups in total. The number of anilines is 2. The van der Waals surface area contributed by atoms with Gasteiger partial charge in [0, 0.05) is 37.6 Å². The molecule has 0 amide bonds. The fourth-order valence-corrected chi connectivity index (χ4v) is 4.17. The molecule has 142 valence electrons. The Balaban J connectivity index is 1.47. The highest BCUT2D eigenvalue weighted by Gasteiger charge is 2.23. The summed E-state index contributed by atoms with van der Waals surface area (Å²) in [5.41, 5.74) is 5.53. The van der Waals surface area contributed by atoms with E-state index in [0.29, 0.717) is 6.61 Å². The van der Waals surface area contributed by atoms with Gasteiger partial charge in [0.2, 0.25) is 0 Å². The molecule has 1 fully saturated rings. The van der Waals surface area contributed by atoms with Crippen LogP contribution in [0.5, 0.6) is 0 Å². The van der Waals surface area contributed by atoms with Crippen LogP contribution in [0.3, 0.4) is 0 Å². The molecule has 2 aliphatic heterocycles. The van der Waals surface area contributed by atoms with Gasteiger partial charge in [-0.05, 0) is 42.5 Å². The van der Waals surface area contributed by atoms with Crippen molar-refractivity contribution in [3.05, 3.63) is 72.0 Å². The summed E-state index contributed by atoms with van der Waals surface area (Å²) >= 11 is 0. The number of ether oxygens (including phenoxy) is 1. The normalized spacial score (nSPS) is 19.9. The van der Waals surface area contributed by atoms with Crippen LogP contribution in [0.25, 0.3) is 0 Å². The predicted octanol–water partition coefficient (Wildman–Crippen LogP) is 4.09. The second kappa shape index (κ2) is 8.15. The van der Waals surface area contributed by atoms with Gasteiger partial charge in [0.15, 0.2) is 0 Å². The van der Waals surface area contributed by atoms with Crippen LogP contribution in [0.1, 0.15) is 17.5 Å². The van der Waals surface area contributed by atoms with E-state index in [4.69, 9.17) is 4.74 Å². The molecule has 4 heteroatoms. The van der Waals surface area contributed by atoms with E-state index in [1.165, 1.54) is 22.5 Å². The highest BCUT2D eigenvalue weighted by Crippen LogP contribution is 2.35. The van der Waals surface area contributed by atoms with Crippen molar-refractivity contribution in [1.82, 2.24) is 4.90 Å². The molecular weight excluding hydrogens is 336 g/mol. The molecule has 1 saturated heterocycles. The van der Waals surface area contributed by atoms with Crippen LogP contribution in [-0.2, 0) is 17.6 Å². The first-order valence-corrected chi connectivity index (χ1v) is 9.87. The molecule has 2 aromatic rings. The summed E-state index contributed by atoms with van der Waals surface area (Å²) in [6, 6.07) is 17.6. The Bertz CT molecular complexity index is 757. The number of fused-ring (bicyclic) bond motifs is 2. The van der Waals surface area contributed by atoms with Gasteiger partial charge in [-0.1, -0.05) is 43.0 Å². The average molecular weight is 364 g/mol. The van der Waals surface area contributed by atoms with Crippen molar-refractivity contribution >= 4 is 11.4 Å². The second-order valence-corrected chi connectivity index (χ2v) is 7.41.